The Bertz CT molecular complexity index is 984. The van der Waals surface area contributed by atoms with Crippen LogP contribution in [0.2, 0.25) is 0 Å². The molecule has 2 heterocycles. The minimum atomic E-state index is 0.257. The summed E-state index contributed by atoms with van der Waals surface area (Å²) in [6, 6.07) is 6.63. The van der Waals surface area contributed by atoms with E-state index in [9.17, 15) is 4.79 Å². The van der Waals surface area contributed by atoms with Gasteiger partial charge >= 0.3 is 0 Å². The maximum absolute atomic E-state index is 12.9. The van der Waals surface area contributed by atoms with Crippen LogP contribution in [0.25, 0.3) is 0 Å². The van der Waals surface area contributed by atoms with E-state index in [0.29, 0.717) is 12.3 Å². The average molecular weight is 451 g/mol. The molecule has 0 radical (unpaired) electrons. The molecule has 1 atom stereocenters. The van der Waals surface area contributed by atoms with Crippen molar-refractivity contribution in [1.29, 1.82) is 0 Å². The lowest BCUT2D eigenvalue weighted by atomic mass is 9.84. The fourth-order valence-electron chi connectivity index (χ4n) is 5.08. The Hall–Kier alpha value is -2.43. The molecule has 33 heavy (non-hydrogen) atoms. The highest BCUT2D eigenvalue weighted by molar-refractivity contribution is 5.76. The molecule has 180 valence electrons. The Kier molecular flexibility index (Phi) is 7.81. The Morgan fingerprint density at radius 3 is 2.33 bits per heavy atom. The van der Waals surface area contributed by atoms with Crippen molar-refractivity contribution in [1.82, 2.24) is 14.9 Å². The van der Waals surface area contributed by atoms with E-state index < -0.39 is 0 Å². The molecular weight excluding hydrogens is 408 g/mol. The first-order chi connectivity index (χ1) is 15.4. The molecule has 1 aliphatic rings. The van der Waals surface area contributed by atoms with E-state index in [0.717, 1.165) is 56.4 Å². The third-order valence-electron chi connectivity index (χ3n) is 6.59. The van der Waals surface area contributed by atoms with Gasteiger partial charge in [0.25, 0.3) is 0 Å². The predicted molar refractivity (Wildman–Crippen MR) is 137 cm³/mol. The minimum absolute atomic E-state index is 0.257. The molecular formula is C28H42N4O. The van der Waals surface area contributed by atoms with Crippen molar-refractivity contribution >= 4 is 11.7 Å². The van der Waals surface area contributed by atoms with E-state index in [-0.39, 0.29) is 11.3 Å². The van der Waals surface area contributed by atoms with Gasteiger partial charge in [0.05, 0.1) is 0 Å². The fraction of sp³-hybridized carbons (Fsp3) is 0.607. The van der Waals surface area contributed by atoms with Crippen molar-refractivity contribution < 1.29 is 4.79 Å². The summed E-state index contributed by atoms with van der Waals surface area (Å²) < 4.78 is 0. The molecule has 5 heteroatoms. The summed E-state index contributed by atoms with van der Waals surface area (Å²) in [6.07, 6.45) is 2.54. The van der Waals surface area contributed by atoms with Gasteiger partial charge in [0.15, 0.2) is 0 Å². The van der Waals surface area contributed by atoms with Crippen LogP contribution >= 0.6 is 0 Å². The van der Waals surface area contributed by atoms with Crippen molar-refractivity contribution in [2.45, 2.75) is 74.7 Å². The van der Waals surface area contributed by atoms with Gasteiger partial charge < -0.3 is 9.80 Å². The van der Waals surface area contributed by atoms with E-state index in [2.05, 4.69) is 76.5 Å². The smallest absolute Gasteiger partial charge is 0.222 e. The van der Waals surface area contributed by atoms with Gasteiger partial charge in [-0.15, -0.1) is 0 Å². The van der Waals surface area contributed by atoms with Crippen LogP contribution in [0.4, 0.5) is 5.82 Å². The minimum Gasteiger partial charge on any atom is -0.353 e. The summed E-state index contributed by atoms with van der Waals surface area (Å²) in [7, 11) is 0. The van der Waals surface area contributed by atoms with Crippen LogP contribution in [0.1, 0.15) is 74.3 Å². The first-order valence-electron chi connectivity index (χ1n) is 12.4. The lowest BCUT2D eigenvalue weighted by Crippen LogP contribution is -2.49. The molecule has 1 aromatic carbocycles. The van der Waals surface area contributed by atoms with Crippen LogP contribution in [-0.4, -0.2) is 47.0 Å². The maximum Gasteiger partial charge on any atom is 0.222 e. The van der Waals surface area contributed by atoms with Gasteiger partial charge in [0.1, 0.15) is 11.6 Å². The Labute approximate surface area is 200 Å². The molecule has 1 aliphatic heterocycles. The van der Waals surface area contributed by atoms with Crippen LogP contribution in [0.3, 0.4) is 0 Å². The van der Waals surface area contributed by atoms with E-state index >= 15 is 0 Å². The van der Waals surface area contributed by atoms with Crippen LogP contribution in [0, 0.1) is 39.0 Å². The first-order valence-corrected chi connectivity index (χ1v) is 12.4. The number of aromatic nitrogens is 2. The van der Waals surface area contributed by atoms with Gasteiger partial charge in [-0.05, 0) is 56.6 Å². The van der Waals surface area contributed by atoms with Crippen molar-refractivity contribution in [3.63, 3.8) is 0 Å². The van der Waals surface area contributed by atoms with Gasteiger partial charge in [-0.3, -0.25) is 4.79 Å². The fourth-order valence-corrected chi connectivity index (χ4v) is 5.08. The highest BCUT2D eigenvalue weighted by Crippen LogP contribution is 2.28. The third kappa shape index (κ3) is 6.78. The SMILES string of the molecule is Cc1ccc(C)c(Cc2c(C)nc(C)nc2N2CCN(C(=O)C[C@H](C)CC(C)(C)C)CC2)c1. The van der Waals surface area contributed by atoms with Crippen LogP contribution in [-0.2, 0) is 11.2 Å². The van der Waals surface area contributed by atoms with E-state index in [4.69, 9.17) is 4.98 Å². The van der Waals surface area contributed by atoms with Crippen LogP contribution in [0.15, 0.2) is 18.2 Å². The summed E-state index contributed by atoms with van der Waals surface area (Å²) in [6.45, 7) is 20.4. The normalized spacial score (nSPS) is 15.6. The lowest BCUT2D eigenvalue weighted by molar-refractivity contribution is -0.132. The monoisotopic (exact) mass is 450 g/mol. The van der Waals surface area contributed by atoms with E-state index in [1.807, 2.05) is 11.8 Å². The number of hydrogen-bond acceptors (Lipinski definition) is 4. The summed E-state index contributed by atoms with van der Waals surface area (Å²) >= 11 is 0. The van der Waals surface area contributed by atoms with Crippen molar-refractivity contribution in [2.75, 3.05) is 31.1 Å². The summed E-state index contributed by atoms with van der Waals surface area (Å²) in [5.74, 6) is 2.54. The molecule has 0 bridgehead atoms. The number of hydrogen-bond donors (Lipinski definition) is 0. The number of nitrogens with zero attached hydrogens (tertiary/aromatic N) is 4. The lowest BCUT2D eigenvalue weighted by Gasteiger charge is -2.37. The number of carbonyl (C=O) groups excluding carboxylic acids is 1. The van der Waals surface area contributed by atoms with Crippen LogP contribution < -0.4 is 4.90 Å². The number of rotatable bonds is 6. The third-order valence-corrected chi connectivity index (χ3v) is 6.59. The number of benzene rings is 1. The van der Waals surface area contributed by atoms with Crippen molar-refractivity contribution in [3.8, 4) is 0 Å². The molecule has 0 saturated carbocycles. The Balaban J connectivity index is 1.72. The second-order valence-electron chi connectivity index (χ2n) is 11.2. The predicted octanol–water partition coefficient (Wildman–Crippen LogP) is 5.41. The largest absolute Gasteiger partial charge is 0.353 e. The molecule has 5 nitrogen and oxygen atoms in total. The van der Waals surface area contributed by atoms with Crippen LogP contribution in [0.5, 0.6) is 0 Å². The standard InChI is InChI=1S/C28H42N4O/c1-19-9-10-21(3)24(15-19)17-25-22(4)29-23(5)30-27(25)32-13-11-31(12-14-32)26(33)16-20(2)18-28(6,7)8/h9-10,15,20H,11-14,16-18H2,1-8H3/t20-/m0/s1. The highest BCUT2D eigenvalue weighted by atomic mass is 16.2. The Morgan fingerprint density at radius 2 is 1.70 bits per heavy atom. The molecule has 0 spiro atoms. The first kappa shape index (κ1) is 25.2. The van der Waals surface area contributed by atoms with Gasteiger partial charge in [0, 0.05) is 50.3 Å². The molecule has 0 unspecified atom stereocenters. The van der Waals surface area contributed by atoms with E-state index in [1.54, 1.807) is 0 Å². The molecule has 1 amide bonds. The second-order valence-corrected chi connectivity index (χ2v) is 11.2. The number of aryl methyl sites for hydroxylation is 4. The molecule has 1 aromatic heterocycles. The second kappa shape index (κ2) is 10.2. The average Bonchev–Trinajstić information content (AvgIpc) is 2.71. The summed E-state index contributed by atoms with van der Waals surface area (Å²) in [4.78, 5) is 26.9. The van der Waals surface area contributed by atoms with Gasteiger partial charge in [-0.25, -0.2) is 9.97 Å². The summed E-state index contributed by atoms with van der Waals surface area (Å²) in [5.41, 5.74) is 6.41. The number of carbonyl (C=O) groups is 1. The zero-order valence-electron chi connectivity index (χ0n) is 22.0. The molecule has 0 N–H and O–H groups in total. The topological polar surface area (TPSA) is 49.3 Å². The van der Waals surface area contributed by atoms with Crippen molar-refractivity contribution in [3.05, 3.63) is 52.0 Å². The molecule has 0 aliphatic carbocycles. The molecule has 1 saturated heterocycles. The number of anilines is 1. The van der Waals surface area contributed by atoms with E-state index in [1.165, 1.54) is 22.3 Å². The number of amides is 1. The highest BCUT2D eigenvalue weighted by Gasteiger charge is 2.26. The quantitative estimate of drug-likeness (QED) is 0.590. The van der Waals surface area contributed by atoms with Gasteiger partial charge in [-0.2, -0.15) is 0 Å². The maximum atomic E-state index is 12.9. The van der Waals surface area contributed by atoms with Gasteiger partial charge in [-0.1, -0.05) is 51.5 Å². The Morgan fingerprint density at radius 1 is 1.03 bits per heavy atom. The zero-order valence-corrected chi connectivity index (χ0v) is 22.0. The zero-order chi connectivity index (χ0) is 24.3. The molecule has 3 rings (SSSR count). The number of piperazine rings is 1. The summed E-state index contributed by atoms with van der Waals surface area (Å²) in [5, 5.41) is 0. The molecule has 1 fully saturated rings. The van der Waals surface area contributed by atoms with Crippen molar-refractivity contribution in [2.24, 2.45) is 11.3 Å². The molecule has 2 aromatic rings. The van der Waals surface area contributed by atoms with Gasteiger partial charge in [0.2, 0.25) is 5.91 Å².